The van der Waals surface area contributed by atoms with Gasteiger partial charge in [-0.15, -0.1) is 0 Å². The van der Waals surface area contributed by atoms with Crippen LogP contribution in [-0.4, -0.2) is 17.4 Å². The topological polar surface area (TPSA) is 72.2 Å². The Labute approximate surface area is 110 Å². The molecule has 0 atom stereocenters. The average molecular weight is 266 g/mol. The van der Waals surface area contributed by atoms with Crippen LogP contribution in [0.3, 0.4) is 0 Å². The first-order chi connectivity index (χ1) is 8.97. The second-order valence-electron chi connectivity index (χ2n) is 3.99. The van der Waals surface area contributed by atoms with Crippen molar-refractivity contribution in [2.24, 2.45) is 0 Å². The van der Waals surface area contributed by atoms with Crippen LogP contribution in [0.2, 0.25) is 0 Å². The van der Waals surface area contributed by atoms with Crippen LogP contribution in [0.25, 0.3) is 0 Å². The highest BCUT2D eigenvalue weighted by Gasteiger charge is 2.19. The first-order valence-corrected chi connectivity index (χ1v) is 5.81. The third-order valence-corrected chi connectivity index (χ3v) is 2.53. The summed E-state index contributed by atoms with van der Waals surface area (Å²) >= 11 is 0. The molecule has 1 amide bonds. The van der Waals surface area contributed by atoms with E-state index in [4.69, 9.17) is 0 Å². The summed E-state index contributed by atoms with van der Waals surface area (Å²) in [4.78, 5) is 21.8. The van der Waals surface area contributed by atoms with Crippen LogP contribution >= 0.6 is 0 Å². The number of rotatable bonds is 5. The lowest BCUT2D eigenvalue weighted by Gasteiger charge is -2.06. The number of non-ortho nitro benzene ring substituents is 1. The zero-order valence-electron chi connectivity index (χ0n) is 10.8. The van der Waals surface area contributed by atoms with E-state index < -0.39 is 16.6 Å². The second kappa shape index (κ2) is 6.63. The van der Waals surface area contributed by atoms with Crippen LogP contribution in [0.1, 0.15) is 29.3 Å². The van der Waals surface area contributed by atoms with Crippen molar-refractivity contribution in [3.63, 3.8) is 0 Å². The minimum absolute atomic E-state index is 0.0767. The number of allylic oxidation sites excluding steroid dienone is 1. The van der Waals surface area contributed by atoms with Gasteiger partial charge in [-0.25, -0.2) is 4.39 Å². The largest absolute Gasteiger partial charge is 0.352 e. The molecule has 0 unspecified atom stereocenters. The van der Waals surface area contributed by atoms with E-state index in [1.54, 1.807) is 0 Å². The molecule has 5 nitrogen and oxygen atoms in total. The van der Waals surface area contributed by atoms with E-state index in [2.05, 4.69) is 5.32 Å². The van der Waals surface area contributed by atoms with E-state index in [-0.39, 0.29) is 16.8 Å². The first kappa shape index (κ1) is 14.8. The molecule has 1 N–H and O–H groups in total. The third kappa shape index (κ3) is 3.87. The lowest BCUT2D eigenvalue weighted by molar-refractivity contribution is -0.385. The van der Waals surface area contributed by atoms with Crippen LogP contribution in [-0.2, 0) is 0 Å². The van der Waals surface area contributed by atoms with Crippen LogP contribution < -0.4 is 5.32 Å². The Morgan fingerprint density at radius 3 is 2.79 bits per heavy atom. The van der Waals surface area contributed by atoms with Crippen molar-refractivity contribution in [1.82, 2.24) is 5.32 Å². The number of nitro benzene ring substituents is 1. The Morgan fingerprint density at radius 2 is 2.21 bits per heavy atom. The fraction of sp³-hybridized carbons (Fsp3) is 0.308. The molecule has 1 rings (SSSR count). The maximum absolute atomic E-state index is 13.8. The molecule has 0 aliphatic rings. The van der Waals surface area contributed by atoms with E-state index >= 15 is 0 Å². The number of aryl methyl sites for hydroxylation is 1. The highest BCUT2D eigenvalue weighted by atomic mass is 19.1. The summed E-state index contributed by atoms with van der Waals surface area (Å²) in [5.74, 6) is -1.37. The fourth-order valence-corrected chi connectivity index (χ4v) is 1.55. The highest BCUT2D eigenvalue weighted by molar-refractivity contribution is 5.95. The van der Waals surface area contributed by atoms with Gasteiger partial charge >= 0.3 is 0 Å². The van der Waals surface area contributed by atoms with Crippen LogP contribution in [0.4, 0.5) is 10.1 Å². The molecule has 0 saturated heterocycles. The van der Waals surface area contributed by atoms with E-state index in [0.29, 0.717) is 13.0 Å². The van der Waals surface area contributed by atoms with E-state index in [1.165, 1.54) is 6.92 Å². The zero-order valence-corrected chi connectivity index (χ0v) is 10.8. The van der Waals surface area contributed by atoms with Crippen molar-refractivity contribution < 1.29 is 14.1 Å². The lowest BCUT2D eigenvalue weighted by atomic mass is 10.1. The molecular weight excluding hydrogens is 251 g/mol. The van der Waals surface area contributed by atoms with Gasteiger partial charge < -0.3 is 5.32 Å². The number of halogens is 1. The molecule has 0 saturated carbocycles. The summed E-state index contributed by atoms with van der Waals surface area (Å²) < 4.78 is 13.8. The Kier molecular flexibility index (Phi) is 5.17. The summed E-state index contributed by atoms with van der Waals surface area (Å²) in [5.41, 5.74) is -0.516. The molecule has 0 fully saturated rings. The van der Waals surface area contributed by atoms with Crippen molar-refractivity contribution in [1.29, 1.82) is 0 Å². The van der Waals surface area contributed by atoms with Crippen molar-refractivity contribution in [2.75, 3.05) is 6.54 Å². The molecule has 0 heterocycles. The van der Waals surface area contributed by atoms with Gasteiger partial charge in [0, 0.05) is 18.7 Å². The summed E-state index contributed by atoms with van der Waals surface area (Å²) in [5, 5.41) is 13.2. The minimum atomic E-state index is -0.728. The lowest BCUT2D eigenvalue weighted by Crippen LogP contribution is -2.25. The zero-order chi connectivity index (χ0) is 14.4. The van der Waals surface area contributed by atoms with Gasteiger partial charge in [0.25, 0.3) is 11.6 Å². The number of hydrogen-bond acceptors (Lipinski definition) is 3. The minimum Gasteiger partial charge on any atom is -0.352 e. The van der Waals surface area contributed by atoms with Crippen molar-refractivity contribution in [2.45, 2.75) is 20.3 Å². The maximum atomic E-state index is 13.8. The summed E-state index contributed by atoms with van der Waals surface area (Å²) in [6.45, 7) is 3.59. The van der Waals surface area contributed by atoms with Gasteiger partial charge in [0.2, 0.25) is 0 Å². The normalized spacial score (nSPS) is 10.7. The highest BCUT2D eigenvalue weighted by Crippen LogP contribution is 2.20. The van der Waals surface area contributed by atoms with Crippen molar-refractivity contribution in [3.8, 4) is 0 Å². The third-order valence-electron chi connectivity index (χ3n) is 2.53. The van der Waals surface area contributed by atoms with Crippen molar-refractivity contribution in [3.05, 3.63) is 51.3 Å². The van der Waals surface area contributed by atoms with Gasteiger partial charge in [-0.05, 0) is 25.8 Å². The smallest absolute Gasteiger partial charge is 0.270 e. The van der Waals surface area contributed by atoms with E-state index in [1.807, 2.05) is 19.1 Å². The summed E-state index contributed by atoms with van der Waals surface area (Å²) in [6, 6.07) is 2.05. The van der Waals surface area contributed by atoms with E-state index in [9.17, 15) is 19.3 Å². The summed E-state index contributed by atoms with van der Waals surface area (Å²) in [7, 11) is 0. The molecule has 0 bridgehead atoms. The molecule has 0 aliphatic carbocycles. The quantitative estimate of drug-likeness (QED) is 0.385. The Hall–Kier alpha value is -2.24. The Bertz CT molecular complexity index is 527. The monoisotopic (exact) mass is 266 g/mol. The average Bonchev–Trinajstić information content (AvgIpc) is 2.37. The molecule has 1 aromatic carbocycles. The second-order valence-corrected chi connectivity index (χ2v) is 3.99. The van der Waals surface area contributed by atoms with Gasteiger partial charge in [-0.3, -0.25) is 14.9 Å². The number of nitrogens with zero attached hydrogens (tertiary/aromatic N) is 1. The predicted octanol–water partition coefficient (Wildman–Crippen LogP) is 2.74. The number of nitro groups is 1. The maximum Gasteiger partial charge on any atom is 0.270 e. The van der Waals surface area contributed by atoms with Crippen LogP contribution in [0.15, 0.2) is 24.3 Å². The Morgan fingerprint density at radius 1 is 1.53 bits per heavy atom. The van der Waals surface area contributed by atoms with Gasteiger partial charge in [0.05, 0.1) is 10.5 Å². The number of carbonyl (C=O) groups is 1. The molecule has 102 valence electrons. The number of amides is 1. The van der Waals surface area contributed by atoms with Gasteiger partial charge in [-0.1, -0.05) is 12.2 Å². The predicted molar refractivity (Wildman–Crippen MR) is 69.6 cm³/mol. The van der Waals surface area contributed by atoms with Gasteiger partial charge in [0.1, 0.15) is 5.82 Å². The van der Waals surface area contributed by atoms with Crippen LogP contribution in [0, 0.1) is 22.9 Å². The molecule has 19 heavy (non-hydrogen) atoms. The Balaban J connectivity index is 2.92. The van der Waals surface area contributed by atoms with E-state index in [0.717, 1.165) is 12.1 Å². The van der Waals surface area contributed by atoms with Crippen LogP contribution in [0.5, 0.6) is 0 Å². The number of carbonyl (C=O) groups excluding carboxylic acids is 1. The molecular formula is C13H15FN2O3. The number of nitrogens with one attached hydrogen (secondary N) is 1. The van der Waals surface area contributed by atoms with Crippen molar-refractivity contribution >= 4 is 11.6 Å². The number of benzene rings is 1. The molecule has 0 aromatic heterocycles. The number of hydrogen-bond donors (Lipinski definition) is 1. The molecule has 6 heteroatoms. The SMILES string of the molecule is C/C=C/CCNC(=O)c1cc([N+](=O)[O-])cc(C)c1F. The first-order valence-electron chi connectivity index (χ1n) is 5.81. The fourth-order valence-electron chi connectivity index (χ4n) is 1.55. The molecule has 1 aromatic rings. The van der Waals surface area contributed by atoms with Gasteiger partial charge in [0.15, 0.2) is 0 Å². The molecule has 0 aliphatic heterocycles. The summed E-state index contributed by atoms with van der Waals surface area (Å²) in [6.07, 6.45) is 4.32. The molecule has 0 radical (unpaired) electrons. The standard InChI is InChI=1S/C13H15FN2O3/c1-3-4-5-6-15-13(17)11-8-10(16(18)19)7-9(2)12(11)14/h3-4,7-8H,5-6H2,1-2H3,(H,15,17)/b4-3+. The van der Waals surface area contributed by atoms with Gasteiger partial charge in [-0.2, -0.15) is 0 Å². The molecule has 0 spiro atoms.